The minimum absolute atomic E-state index is 0.130. The second-order valence-corrected chi connectivity index (χ2v) is 8.94. The summed E-state index contributed by atoms with van der Waals surface area (Å²) in [6.07, 6.45) is 0.138. The minimum Gasteiger partial charge on any atom is -0.493 e. The number of sulfonamides is 1. The molecule has 0 radical (unpaired) electrons. The number of benzene rings is 3. The summed E-state index contributed by atoms with van der Waals surface area (Å²) in [5, 5.41) is 2.77. The summed E-state index contributed by atoms with van der Waals surface area (Å²) >= 11 is 0. The molecule has 0 spiro atoms. The van der Waals surface area contributed by atoms with E-state index in [1.165, 1.54) is 14.2 Å². The molecule has 3 aromatic carbocycles. The number of rotatable bonds is 10. The Morgan fingerprint density at radius 2 is 1.58 bits per heavy atom. The van der Waals surface area contributed by atoms with Gasteiger partial charge in [-0.15, -0.1) is 0 Å². The van der Waals surface area contributed by atoms with Gasteiger partial charge in [0.25, 0.3) is 0 Å². The second-order valence-electron chi connectivity index (χ2n) is 7.22. The van der Waals surface area contributed by atoms with Crippen LogP contribution in [0.4, 0.5) is 4.39 Å². The van der Waals surface area contributed by atoms with Crippen LogP contribution in [-0.4, -0.2) is 34.6 Å². The molecular weight excluding hydrogens is 447 g/mol. The molecule has 9 heteroatoms. The minimum atomic E-state index is -4.06. The first-order chi connectivity index (χ1) is 15.8. The summed E-state index contributed by atoms with van der Waals surface area (Å²) in [5.74, 6) is 0.0189. The predicted molar refractivity (Wildman–Crippen MR) is 122 cm³/mol. The van der Waals surface area contributed by atoms with Gasteiger partial charge in [0.1, 0.15) is 11.9 Å². The van der Waals surface area contributed by atoms with Gasteiger partial charge < -0.3 is 14.8 Å². The normalized spacial score (nSPS) is 12.1. The lowest BCUT2D eigenvalue weighted by molar-refractivity contribution is -0.122. The van der Waals surface area contributed by atoms with Crippen LogP contribution in [-0.2, 0) is 27.8 Å². The van der Waals surface area contributed by atoms with Crippen molar-refractivity contribution in [3.8, 4) is 11.5 Å². The van der Waals surface area contributed by atoms with Crippen LogP contribution in [0.1, 0.15) is 11.1 Å². The Bertz CT molecular complexity index is 1190. The molecule has 2 N–H and O–H groups in total. The van der Waals surface area contributed by atoms with Crippen molar-refractivity contribution < 1.29 is 27.1 Å². The summed E-state index contributed by atoms with van der Waals surface area (Å²) in [5.41, 5.74) is 1.53. The first kappa shape index (κ1) is 24.2. The summed E-state index contributed by atoms with van der Waals surface area (Å²) in [4.78, 5) is 12.9. The number of hydrogen-bond donors (Lipinski definition) is 2. The molecular formula is C24H25FN2O5S. The van der Waals surface area contributed by atoms with E-state index in [9.17, 15) is 17.6 Å². The van der Waals surface area contributed by atoms with Gasteiger partial charge in [0.15, 0.2) is 11.5 Å². The number of carbonyl (C=O) groups is 1. The number of nitrogens with one attached hydrogen (secondary N) is 2. The maximum atomic E-state index is 13.2. The smallest absolute Gasteiger partial charge is 0.241 e. The number of amides is 1. The topological polar surface area (TPSA) is 93.7 Å². The van der Waals surface area contributed by atoms with E-state index in [1.54, 1.807) is 30.3 Å². The standard InChI is InChI=1S/C24H25FN2O5S/c1-31-22-13-8-18(15-23(22)32-2)16-26-24(28)21(14-17-6-4-3-5-7-17)27-33(29,30)20-11-9-19(25)10-12-20/h3-13,15,21,27H,14,16H2,1-2H3,(H,26,28). The van der Waals surface area contributed by atoms with Crippen molar-refractivity contribution in [2.75, 3.05) is 14.2 Å². The maximum absolute atomic E-state index is 13.2. The molecule has 3 aromatic rings. The summed E-state index contributed by atoms with van der Waals surface area (Å²) in [7, 11) is -1.02. The van der Waals surface area contributed by atoms with E-state index in [-0.39, 0.29) is 17.9 Å². The van der Waals surface area contributed by atoms with E-state index in [0.717, 1.165) is 35.4 Å². The van der Waals surface area contributed by atoms with Gasteiger partial charge in [-0.1, -0.05) is 36.4 Å². The lowest BCUT2D eigenvalue weighted by Gasteiger charge is -2.19. The summed E-state index contributed by atoms with van der Waals surface area (Å²) in [6, 6.07) is 17.6. The predicted octanol–water partition coefficient (Wildman–Crippen LogP) is 3.05. The first-order valence-electron chi connectivity index (χ1n) is 10.1. The number of methoxy groups -OCH3 is 2. The molecule has 0 saturated carbocycles. The molecule has 0 aliphatic heterocycles. The third-order valence-electron chi connectivity index (χ3n) is 4.94. The highest BCUT2D eigenvalue weighted by atomic mass is 32.2. The molecule has 0 aliphatic carbocycles. The van der Waals surface area contributed by atoms with Gasteiger partial charge in [0.05, 0.1) is 19.1 Å². The van der Waals surface area contributed by atoms with E-state index >= 15 is 0 Å². The van der Waals surface area contributed by atoms with E-state index in [0.29, 0.717) is 11.5 Å². The van der Waals surface area contributed by atoms with Crippen molar-refractivity contribution in [1.82, 2.24) is 10.0 Å². The molecule has 0 heterocycles. The second kappa shape index (κ2) is 10.9. The fourth-order valence-corrected chi connectivity index (χ4v) is 4.41. The number of carbonyl (C=O) groups excluding carboxylic acids is 1. The number of hydrogen-bond acceptors (Lipinski definition) is 5. The molecule has 3 rings (SSSR count). The molecule has 33 heavy (non-hydrogen) atoms. The van der Waals surface area contributed by atoms with Gasteiger partial charge in [0, 0.05) is 6.54 Å². The average Bonchev–Trinajstić information content (AvgIpc) is 2.82. The Kier molecular flexibility index (Phi) is 8.02. The Labute approximate surface area is 192 Å². The SMILES string of the molecule is COc1ccc(CNC(=O)C(Cc2ccccc2)NS(=O)(=O)c2ccc(F)cc2)cc1OC. The van der Waals surface area contributed by atoms with Crippen LogP contribution in [0.3, 0.4) is 0 Å². The average molecular weight is 473 g/mol. The zero-order valence-corrected chi connectivity index (χ0v) is 19.1. The third kappa shape index (κ3) is 6.53. The monoisotopic (exact) mass is 472 g/mol. The van der Waals surface area contributed by atoms with Crippen LogP contribution in [0.5, 0.6) is 11.5 Å². The van der Waals surface area contributed by atoms with Crippen molar-refractivity contribution in [2.24, 2.45) is 0 Å². The molecule has 0 aliphatic rings. The zero-order valence-electron chi connectivity index (χ0n) is 18.2. The lowest BCUT2D eigenvalue weighted by Crippen LogP contribution is -2.47. The van der Waals surface area contributed by atoms with E-state index in [4.69, 9.17) is 9.47 Å². The van der Waals surface area contributed by atoms with Gasteiger partial charge >= 0.3 is 0 Å². The van der Waals surface area contributed by atoms with Crippen LogP contribution < -0.4 is 19.5 Å². The molecule has 1 atom stereocenters. The maximum Gasteiger partial charge on any atom is 0.241 e. The van der Waals surface area contributed by atoms with Crippen LogP contribution in [0.15, 0.2) is 77.7 Å². The molecule has 0 aromatic heterocycles. The Balaban J connectivity index is 1.78. The molecule has 7 nitrogen and oxygen atoms in total. The first-order valence-corrected chi connectivity index (χ1v) is 11.6. The Morgan fingerprint density at radius 3 is 2.21 bits per heavy atom. The van der Waals surface area contributed by atoms with Gasteiger partial charge in [-0.3, -0.25) is 4.79 Å². The molecule has 1 amide bonds. The molecule has 0 bridgehead atoms. The Hall–Kier alpha value is -3.43. The van der Waals surface area contributed by atoms with Crippen LogP contribution >= 0.6 is 0 Å². The third-order valence-corrected chi connectivity index (χ3v) is 6.42. The van der Waals surface area contributed by atoms with Gasteiger partial charge in [-0.2, -0.15) is 4.72 Å². The van der Waals surface area contributed by atoms with Crippen molar-refractivity contribution in [1.29, 1.82) is 0 Å². The molecule has 1 unspecified atom stereocenters. The van der Waals surface area contributed by atoms with Crippen molar-refractivity contribution in [3.05, 3.63) is 89.7 Å². The van der Waals surface area contributed by atoms with Crippen molar-refractivity contribution in [2.45, 2.75) is 23.9 Å². The molecule has 0 fully saturated rings. The van der Waals surface area contributed by atoms with E-state index in [1.807, 2.05) is 18.2 Å². The largest absolute Gasteiger partial charge is 0.493 e. The number of halogens is 1. The highest BCUT2D eigenvalue weighted by Gasteiger charge is 2.26. The van der Waals surface area contributed by atoms with Crippen molar-refractivity contribution in [3.63, 3.8) is 0 Å². The fraction of sp³-hybridized carbons (Fsp3) is 0.208. The van der Waals surface area contributed by atoms with Crippen molar-refractivity contribution >= 4 is 15.9 Å². The lowest BCUT2D eigenvalue weighted by atomic mass is 10.1. The van der Waals surface area contributed by atoms with E-state index in [2.05, 4.69) is 10.0 Å². The van der Waals surface area contributed by atoms with Gasteiger partial charge in [-0.25, -0.2) is 12.8 Å². The van der Waals surface area contributed by atoms with Gasteiger partial charge in [-0.05, 0) is 53.9 Å². The van der Waals surface area contributed by atoms with Crippen LogP contribution in [0.25, 0.3) is 0 Å². The van der Waals surface area contributed by atoms with Crippen LogP contribution in [0.2, 0.25) is 0 Å². The molecule has 174 valence electrons. The quantitative estimate of drug-likeness (QED) is 0.473. The Morgan fingerprint density at radius 1 is 0.909 bits per heavy atom. The zero-order chi connectivity index (χ0) is 23.8. The van der Waals surface area contributed by atoms with Gasteiger partial charge in [0.2, 0.25) is 15.9 Å². The van der Waals surface area contributed by atoms with Crippen LogP contribution in [0, 0.1) is 5.82 Å². The summed E-state index contributed by atoms with van der Waals surface area (Å²) in [6.45, 7) is 0.156. The number of ether oxygens (including phenoxy) is 2. The fourth-order valence-electron chi connectivity index (χ4n) is 3.21. The highest BCUT2D eigenvalue weighted by Crippen LogP contribution is 2.27. The summed E-state index contributed by atoms with van der Waals surface area (Å²) < 4.78 is 51.8. The highest BCUT2D eigenvalue weighted by molar-refractivity contribution is 7.89. The van der Waals surface area contributed by atoms with E-state index < -0.39 is 27.8 Å². The molecule has 0 saturated heterocycles.